The van der Waals surface area contributed by atoms with E-state index in [0.29, 0.717) is 30.8 Å². The summed E-state index contributed by atoms with van der Waals surface area (Å²) in [6.45, 7) is 4.78. The molecule has 1 amide bonds. The van der Waals surface area contributed by atoms with E-state index in [0.717, 1.165) is 37.8 Å². The minimum atomic E-state index is -0.707. The standard InChI is InChI=1S/C25H34N2O3/c1-17(2)20-10-7-18(8-11-20)5-4-6-24(28)23-14-13-22(27(23)3)21-12-9-19(15-21)16-30-25(26)29/h7-8,10-11,13-14,17,19,21H,4-6,9,12,15-16H2,1-3H3,(H2,26,29)/t19-,21-/m0/s1. The summed E-state index contributed by atoms with van der Waals surface area (Å²) in [5.74, 6) is 1.49. The van der Waals surface area contributed by atoms with E-state index in [-0.39, 0.29) is 5.78 Å². The molecular formula is C25H34N2O3. The van der Waals surface area contributed by atoms with Crippen LogP contribution >= 0.6 is 0 Å². The minimum Gasteiger partial charge on any atom is -0.449 e. The third-order valence-electron chi connectivity index (χ3n) is 6.38. The van der Waals surface area contributed by atoms with Crippen LogP contribution in [0.3, 0.4) is 0 Å². The summed E-state index contributed by atoms with van der Waals surface area (Å²) in [6.07, 6.45) is 4.66. The number of carbonyl (C=O) groups excluding carboxylic acids is 2. The summed E-state index contributed by atoms with van der Waals surface area (Å²) in [4.78, 5) is 23.6. The summed E-state index contributed by atoms with van der Waals surface area (Å²) >= 11 is 0. The Hall–Kier alpha value is -2.56. The van der Waals surface area contributed by atoms with Crippen molar-refractivity contribution in [3.63, 3.8) is 0 Å². The third kappa shape index (κ3) is 5.53. The highest BCUT2D eigenvalue weighted by Gasteiger charge is 2.29. The van der Waals surface area contributed by atoms with E-state index in [1.54, 1.807) is 0 Å². The van der Waals surface area contributed by atoms with Crippen LogP contribution < -0.4 is 5.73 Å². The number of rotatable bonds is 9. The molecule has 0 aliphatic heterocycles. The predicted molar refractivity (Wildman–Crippen MR) is 119 cm³/mol. The number of ether oxygens (including phenoxy) is 1. The van der Waals surface area contributed by atoms with Crippen LogP contribution in [0.1, 0.15) is 85.1 Å². The van der Waals surface area contributed by atoms with Crippen molar-refractivity contribution in [3.05, 3.63) is 58.9 Å². The van der Waals surface area contributed by atoms with Crippen LogP contribution in [0.25, 0.3) is 0 Å². The molecule has 1 aliphatic rings. The van der Waals surface area contributed by atoms with Gasteiger partial charge in [-0.15, -0.1) is 0 Å². The number of carbonyl (C=O) groups is 2. The zero-order valence-electron chi connectivity index (χ0n) is 18.4. The number of aromatic nitrogens is 1. The van der Waals surface area contributed by atoms with E-state index in [2.05, 4.69) is 48.7 Å². The highest BCUT2D eigenvalue weighted by atomic mass is 16.5. The second kappa shape index (κ2) is 9.96. The Labute approximate surface area is 179 Å². The Morgan fingerprint density at radius 2 is 1.87 bits per heavy atom. The fraction of sp³-hybridized carbons (Fsp3) is 0.520. The molecule has 0 radical (unpaired) electrons. The maximum absolute atomic E-state index is 12.8. The van der Waals surface area contributed by atoms with Gasteiger partial charge in [0.2, 0.25) is 0 Å². The number of nitrogens with two attached hydrogens (primary N) is 1. The van der Waals surface area contributed by atoms with E-state index < -0.39 is 6.09 Å². The summed E-state index contributed by atoms with van der Waals surface area (Å²) < 4.78 is 7.02. The molecule has 1 fully saturated rings. The first-order chi connectivity index (χ1) is 14.3. The van der Waals surface area contributed by atoms with E-state index in [9.17, 15) is 9.59 Å². The molecule has 0 bridgehead atoms. The number of Topliss-reactive ketones (excluding diaryl/α,β-unsaturated/α-hetero) is 1. The lowest BCUT2D eigenvalue weighted by atomic mass is 9.99. The second-order valence-corrected chi connectivity index (χ2v) is 8.88. The molecule has 1 aromatic heterocycles. The molecule has 1 saturated carbocycles. The molecule has 1 aliphatic carbocycles. The number of primary amides is 1. The van der Waals surface area contributed by atoms with Crippen molar-refractivity contribution in [3.8, 4) is 0 Å². The number of nitrogens with zero attached hydrogens (tertiary/aromatic N) is 1. The molecule has 3 rings (SSSR count). The first-order valence-corrected chi connectivity index (χ1v) is 11.0. The Morgan fingerprint density at radius 3 is 2.53 bits per heavy atom. The van der Waals surface area contributed by atoms with Gasteiger partial charge in [0.05, 0.1) is 12.3 Å². The molecule has 2 N–H and O–H groups in total. The van der Waals surface area contributed by atoms with Crippen molar-refractivity contribution in [2.45, 2.75) is 64.2 Å². The lowest BCUT2D eigenvalue weighted by molar-refractivity contribution is 0.0971. The van der Waals surface area contributed by atoms with Gasteiger partial charge in [-0.1, -0.05) is 38.1 Å². The molecule has 5 nitrogen and oxygen atoms in total. The maximum Gasteiger partial charge on any atom is 0.404 e. The van der Waals surface area contributed by atoms with Crippen LogP contribution in [0.15, 0.2) is 36.4 Å². The largest absolute Gasteiger partial charge is 0.449 e. The monoisotopic (exact) mass is 410 g/mol. The lowest BCUT2D eigenvalue weighted by Crippen LogP contribution is -2.17. The zero-order chi connectivity index (χ0) is 21.7. The van der Waals surface area contributed by atoms with E-state index in [1.165, 1.54) is 16.8 Å². The molecule has 5 heteroatoms. The normalized spacial score (nSPS) is 18.7. The molecule has 30 heavy (non-hydrogen) atoms. The van der Waals surface area contributed by atoms with Crippen molar-refractivity contribution in [1.82, 2.24) is 4.57 Å². The van der Waals surface area contributed by atoms with Gasteiger partial charge < -0.3 is 15.0 Å². The van der Waals surface area contributed by atoms with Crippen LogP contribution in [0, 0.1) is 5.92 Å². The quantitative estimate of drug-likeness (QED) is 0.568. The van der Waals surface area contributed by atoms with Gasteiger partial charge >= 0.3 is 6.09 Å². The van der Waals surface area contributed by atoms with Gasteiger partial charge in [0.15, 0.2) is 5.78 Å². The Balaban J connectivity index is 1.51. The molecule has 0 spiro atoms. The van der Waals surface area contributed by atoms with Crippen LogP contribution in [0.2, 0.25) is 0 Å². The number of hydrogen-bond donors (Lipinski definition) is 1. The van der Waals surface area contributed by atoms with Gasteiger partial charge in [-0.3, -0.25) is 4.79 Å². The molecule has 0 unspecified atom stereocenters. The van der Waals surface area contributed by atoms with Gasteiger partial charge in [0, 0.05) is 19.2 Å². The summed E-state index contributed by atoms with van der Waals surface area (Å²) in [6, 6.07) is 12.8. The molecule has 0 saturated heterocycles. The average Bonchev–Trinajstić information content (AvgIpc) is 3.33. The Bertz CT molecular complexity index is 867. The van der Waals surface area contributed by atoms with E-state index >= 15 is 0 Å². The second-order valence-electron chi connectivity index (χ2n) is 8.88. The summed E-state index contributed by atoms with van der Waals surface area (Å²) in [5, 5.41) is 0. The van der Waals surface area contributed by atoms with Crippen LogP contribution in [0.4, 0.5) is 4.79 Å². The van der Waals surface area contributed by atoms with Crippen LogP contribution in [-0.4, -0.2) is 23.1 Å². The Morgan fingerprint density at radius 1 is 1.13 bits per heavy atom. The van der Waals surface area contributed by atoms with Gasteiger partial charge in [-0.2, -0.15) is 0 Å². The molecule has 2 aromatic rings. The first-order valence-electron chi connectivity index (χ1n) is 11.0. The molecule has 162 valence electrons. The molecular weight excluding hydrogens is 376 g/mol. The summed E-state index contributed by atoms with van der Waals surface area (Å²) in [7, 11) is 1.99. The van der Waals surface area contributed by atoms with Crippen molar-refractivity contribution >= 4 is 11.9 Å². The molecule has 2 atom stereocenters. The highest BCUT2D eigenvalue weighted by Crippen LogP contribution is 2.39. The number of benzene rings is 1. The van der Waals surface area contributed by atoms with Gasteiger partial charge in [0.1, 0.15) is 0 Å². The molecule has 1 heterocycles. The fourth-order valence-electron chi connectivity index (χ4n) is 4.56. The van der Waals surface area contributed by atoms with E-state index in [4.69, 9.17) is 10.5 Å². The maximum atomic E-state index is 12.8. The molecule has 1 aromatic carbocycles. The lowest BCUT2D eigenvalue weighted by Gasteiger charge is -2.14. The predicted octanol–water partition coefficient (Wildman–Crippen LogP) is 5.33. The minimum absolute atomic E-state index is 0.203. The first kappa shape index (κ1) is 22.1. The van der Waals surface area contributed by atoms with Gasteiger partial charge in [0.25, 0.3) is 0 Å². The van der Waals surface area contributed by atoms with Gasteiger partial charge in [-0.25, -0.2) is 4.79 Å². The van der Waals surface area contributed by atoms with Gasteiger partial charge in [-0.05, 0) is 73.1 Å². The third-order valence-corrected chi connectivity index (χ3v) is 6.38. The smallest absolute Gasteiger partial charge is 0.404 e. The highest BCUT2D eigenvalue weighted by molar-refractivity contribution is 5.94. The SMILES string of the molecule is CC(C)c1ccc(CCCC(=O)c2ccc([C@H]3CC[C@H](COC(N)=O)C3)n2C)cc1. The van der Waals surface area contributed by atoms with Crippen molar-refractivity contribution in [1.29, 1.82) is 0 Å². The fourth-order valence-corrected chi connectivity index (χ4v) is 4.56. The van der Waals surface area contributed by atoms with Crippen molar-refractivity contribution < 1.29 is 14.3 Å². The topological polar surface area (TPSA) is 74.3 Å². The number of hydrogen-bond acceptors (Lipinski definition) is 3. The average molecular weight is 411 g/mol. The van der Waals surface area contributed by atoms with Crippen molar-refractivity contribution in [2.75, 3.05) is 6.61 Å². The van der Waals surface area contributed by atoms with Crippen molar-refractivity contribution in [2.24, 2.45) is 18.7 Å². The number of ketones is 1. The zero-order valence-corrected chi connectivity index (χ0v) is 18.4. The number of aryl methyl sites for hydroxylation is 1. The Kier molecular flexibility index (Phi) is 7.35. The van der Waals surface area contributed by atoms with E-state index in [1.807, 2.05) is 13.1 Å². The van der Waals surface area contributed by atoms with Crippen LogP contribution in [0.5, 0.6) is 0 Å². The van der Waals surface area contributed by atoms with Crippen LogP contribution in [-0.2, 0) is 18.2 Å². The summed E-state index contributed by atoms with van der Waals surface area (Å²) in [5.41, 5.74) is 9.69. The number of amides is 1.